The molecule has 1 fully saturated rings. The molecule has 0 atom stereocenters. The van der Waals surface area contributed by atoms with Gasteiger partial charge in [-0.15, -0.1) is 0 Å². The van der Waals surface area contributed by atoms with Crippen LogP contribution in [-0.2, 0) is 16.6 Å². The fraction of sp³-hybridized carbons (Fsp3) is 0.727. The first-order valence-electron chi connectivity index (χ1n) is 6.13. The van der Waals surface area contributed by atoms with Crippen LogP contribution in [0, 0.1) is 5.41 Å². The highest BCUT2D eigenvalue weighted by Crippen LogP contribution is 2.39. The van der Waals surface area contributed by atoms with Gasteiger partial charge in [0.2, 0.25) is 0 Å². The van der Waals surface area contributed by atoms with Crippen LogP contribution in [-0.4, -0.2) is 32.2 Å². The third-order valence-electron chi connectivity index (χ3n) is 3.56. The van der Waals surface area contributed by atoms with Crippen molar-refractivity contribution in [3.05, 3.63) is 11.8 Å². The first kappa shape index (κ1) is 13.5. The van der Waals surface area contributed by atoms with Crippen molar-refractivity contribution in [1.82, 2.24) is 20.2 Å². The van der Waals surface area contributed by atoms with Gasteiger partial charge in [0.25, 0.3) is 10.0 Å². The molecule has 2 rings (SSSR count). The van der Waals surface area contributed by atoms with Crippen molar-refractivity contribution in [2.24, 2.45) is 5.41 Å². The summed E-state index contributed by atoms with van der Waals surface area (Å²) in [6, 6.07) is 0. The van der Waals surface area contributed by atoms with E-state index in [0.29, 0.717) is 18.7 Å². The first-order valence-corrected chi connectivity index (χ1v) is 7.62. The minimum absolute atomic E-state index is 0.121. The predicted octanol–water partition coefficient (Wildman–Crippen LogP) is 0.598. The molecule has 0 aliphatic heterocycles. The molecule has 0 unspecified atom stereocenters. The molecule has 6 nitrogen and oxygen atoms in total. The molecule has 102 valence electrons. The van der Waals surface area contributed by atoms with Crippen LogP contribution < -0.4 is 10.0 Å². The van der Waals surface area contributed by atoms with E-state index in [0.717, 1.165) is 12.8 Å². The Bertz CT molecular complexity index is 505. The summed E-state index contributed by atoms with van der Waals surface area (Å²) in [6.07, 6.45) is 4.90. The Balaban J connectivity index is 2.07. The summed E-state index contributed by atoms with van der Waals surface area (Å²) in [5.41, 5.74) is 0.778. The summed E-state index contributed by atoms with van der Waals surface area (Å²) >= 11 is 0. The van der Waals surface area contributed by atoms with E-state index in [1.54, 1.807) is 7.05 Å². The van der Waals surface area contributed by atoms with E-state index in [4.69, 9.17) is 0 Å². The van der Waals surface area contributed by atoms with Crippen LogP contribution in [0.25, 0.3) is 0 Å². The number of hydrogen-bond donors (Lipinski definition) is 3. The average molecular weight is 272 g/mol. The smallest absolute Gasteiger partial charge is 0.257 e. The molecule has 0 bridgehead atoms. The Hall–Kier alpha value is -0.920. The summed E-state index contributed by atoms with van der Waals surface area (Å²) in [6.45, 7) is 3.08. The Morgan fingerprint density at radius 3 is 2.78 bits per heavy atom. The second-order valence-corrected chi connectivity index (χ2v) is 6.95. The Morgan fingerprint density at radius 1 is 1.50 bits per heavy atom. The van der Waals surface area contributed by atoms with Crippen molar-refractivity contribution in [2.75, 3.05) is 13.6 Å². The molecule has 3 N–H and O–H groups in total. The van der Waals surface area contributed by atoms with Crippen molar-refractivity contribution in [1.29, 1.82) is 0 Å². The van der Waals surface area contributed by atoms with E-state index in [1.165, 1.54) is 12.6 Å². The van der Waals surface area contributed by atoms with Crippen LogP contribution in [0.3, 0.4) is 0 Å². The molecule has 1 aliphatic rings. The standard InChI is InChI=1S/C11H20N4O2S/c1-11(4-3-5-11)8-14-18(16,17)10-9(6-12-2)7-13-15-10/h7,12,14H,3-6,8H2,1-2H3,(H,13,15). The van der Waals surface area contributed by atoms with Gasteiger partial charge in [0.05, 0.1) is 6.20 Å². The van der Waals surface area contributed by atoms with E-state index in [2.05, 4.69) is 27.2 Å². The van der Waals surface area contributed by atoms with Gasteiger partial charge < -0.3 is 5.32 Å². The number of aromatic amines is 1. The molecule has 1 aromatic heterocycles. The van der Waals surface area contributed by atoms with Gasteiger partial charge in [0.1, 0.15) is 0 Å². The maximum absolute atomic E-state index is 12.2. The van der Waals surface area contributed by atoms with Crippen molar-refractivity contribution >= 4 is 10.0 Å². The van der Waals surface area contributed by atoms with Crippen LogP contribution in [0.5, 0.6) is 0 Å². The van der Waals surface area contributed by atoms with Crippen LogP contribution in [0.1, 0.15) is 31.7 Å². The average Bonchev–Trinajstić information content (AvgIpc) is 2.73. The highest BCUT2D eigenvalue weighted by Gasteiger charge is 2.33. The Kier molecular flexibility index (Phi) is 3.74. The summed E-state index contributed by atoms with van der Waals surface area (Å²) in [7, 11) is -1.72. The lowest BCUT2D eigenvalue weighted by Gasteiger charge is -2.38. The number of nitrogens with one attached hydrogen (secondary N) is 3. The highest BCUT2D eigenvalue weighted by molar-refractivity contribution is 7.89. The SMILES string of the molecule is CNCc1cn[nH]c1S(=O)(=O)NCC1(C)CCC1. The maximum Gasteiger partial charge on any atom is 0.257 e. The number of sulfonamides is 1. The van der Waals surface area contributed by atoms with Gasteiger partial charge in [-0.2, -0.15) is 5.10 Å². The van der Waals surface area contributed by atoms with Gasteiger partial charge in [0.15, 0.2) is 5.03 Å². The van der Waals surface area contributed by atoms with Crippen LogP contribution in [0.4, 0.5) is 0 Å². The van der Waals surface area contributed by atoms with E-state index >= 15 is 0 Å². The molecular formula is C11H20N4O2S. The Labute approximate surface area is 108 Å². The summed E-state index contributed by atoms with van der Waals surface area (Å²) in [5.74, 6) is 0. The molecule has 1 aromatic rings. The minimum atomic E-state index is -3.49. The summed E-state index contributed by atoms with van der Waals surface area (Å²) in [4.78, 5) is 0. The first-order chi connectivity index (χ1) is 8.47. The zero-order valence-corrected chi connectivity index (χ0v) is 11.6. The van der Waals surface area contributed by atoms with Gasteiger partial charge in [-0.05, 0) is 25.3 Å². The number of H-pyrrole nitrogens is 1. The lowest BCUT2D eigenvalue weighted by Crippen LogP contribution is -2.40. The second-order valence-electron chi connectivity index (χ2n) is 5.24. The third kappa shape index (κ3) is 2.73. The predicted molar refractivity (Wildman–Crippen MR) is 68.5 cm³/mol. The van der Waals surface area contributed by atoms with E-state index in [9.17, 15) is 8.42 Å². The van der Waals surface area contributed by atoms with Gasteiger partial charge in [-0.25, -0.2) is 13.1 Å². The molecule has 1 aliphatic carbocycles. The van der Waals surface area contributed by atoms with Gasteiger partial charge >= 0.3 is 0 Å². The molecule has 18 heavy (non-hydrogen) atoms. The molecule has 7 heteroatoms. The number of rotatable bonds is 6. The number of nitrogens with zero attached hydrogens (tertiary/aromatic N) is 1. The molecule has 0 aromatic carbocycles. The minimum Gasteiger partial charge on any atom is -0.316 e. The highest BCUT2D eigenvalue weighted by atomic mass is 32.2. The van der Waals surface area contributed by atoms with Crippen molar-refractivity contribution in [3.8, 4) is 0 Å². The van der Waals surface area contributed by atoms with Crippen LogP contribution in [0.15, 0.2) is 11.2 Å². The largest absolute Gasteiger partial charge is 0.316 e. The monoisotopic (exact) mass is 272 g/mol. The van der Waals surface area contributed by atoms with Crippen molar-refractivity contribution in [3.63, 3.8) is 0 Å². The number of hydrogen-bond acceptors (Lipinski definition) is 4. The van der Waals surface area contributed by atoms with Crippen LogP contribution in [0.2, 0.25) is 0 Å². The molecule has 0 saturated heterocycles. The maximum atomic E-state index is 12.2. The molecular weight excluding hydrogens is 252 g/mol. The molecule has 0 amide bonds. The lowest BCUT2D eigenvalue weighted by atomic mass is 9.71. The second kappa shape index (κ2) is 4.99. The van der Waals surface area contributed by atoms with Gasteiger partial charge in [-0.3, -0.25) is 5.10 Å². The normalized spacial score (nSPS) is 18.6. The van der Waals surface area contributed by atoms with Crippen LogP contribution >= 0.6 is 0 Å². The quantitative estimate of drug-likeness (QED) is 0.707. The fourth-order valence-corrected chi connectivity index (χ4v) is 3.47. The summed E-state index contributed by atoms with van der Waals surface area (Å²) in [5, 5.41) is 9.46. The van der Waals surface area contributed by atoms with Crippen molar-refractivity contribution in [2.45, 2.75) is 37.8 Å². The van der Waals surface area contributed by atoms with Gasteiger partial charge in [-0.1, -0.05) is 13.3 Å². The fourth-order valence-electron chi connectivity index (χ4n) is 2.15. The van der Waals surface area contributed by atoms with E-state index in [-0.39, 0.29) is 10.4 Å². The van der Waals surface area contributed by atoms with Crippen molar-refractivity contribution < 1.29 is 8.42 Å². The Morgan fingerprint density at radius 2 is 2.22 bits per heavy atom. The van der Waals surface area contributed by atoms with E-state index < -0.39 is 10.0 Å². The zero-order chi connectivity index (χ0) is 13.2. The van der Waals surface area contributed by atoms with Gasteiger partial charge in [0, 0.05) is 18.7 Å². The topological polar surface area (TPSA) is 86.9 Å². The van der Waals surface area contributed by atoms with E-state index in [1.807, 2.05) is 0 Å². The molecule has 1 saturated carbocycles. The third-order valence-corrected chi connectivity index (χ3v) is 4.98. The molecule has 1 heterocycles. The number of aromatic nitrogens is 2. The molecule has 0 spiro atoms. The lowest BCUT2D eigenvalue weighted by molar-refractivity contribution is 0.166. The summed E-state index contributed by atoms with van der Waals surface area (Å²) < 4.78 is 27.0. The molecule has 0 radical (unpaired) electrons. The zero-order valence-electron chi connectivity index (χ0n) is 10.8.